The zero-order chi connectivity index (χ0) is 16.1. The van der Waals surface area contributed by atoms with Crippen LogP contribution in [0.25, 0.3) is 0 Å². The number of aromatic nitrogens is 1. The Kier molecular flexibility index (Phi) is 5.05. The summed E-state index contributed by atoms with van der Waals surface area (Å²) in [7, 11) is -3.32. The number of hydrogen-bond acceptors (Lipinski definition) is 4. The maximum atomic E-state index is 12.6. The molecule has 6 heteroatoms. The molecular weight excluding hydrogens is 312 g/mol. The van der Waals surface area contributed by atoms with E-state index in [-0.39, 0.29) is 11.9 Å². The summed E-state index contributed by atoms with van der Waals surface area (Å²) in [6.07, 6.45) is 4.06. The van der Waals surface area contributed by atoms with Crippen molar-refractivity contribution in [2.75, 3.05) is 19.7 Å². The highest BCUT2D eigenvalue weighted by molar-refractivity contribution is 7.88. The number of morpholine rings is 1. The molecule has 1 aliphatic rings. The molecule has 2 heterocycles. The van der Waals surface area contributed by atoms with Crippen LogP contribution in [0.3, 0.4) is 0 Å². The number of ether oxygens (including phenoxy) is 1. The summed E-state index contributed by atoms with van der Waals surface area (Å²) in [5, 5.41) is 0. The Morgan fingerprint density at radius 3 is 2.65 bits per heavy atom. The van der Waals surface area contributed by atoms with Crippen LogP contribution in [0.1, 0.15) is 11.1 Å². The molecule has 1 saturated heterocycles. The second-order valence-corrected chi connectivity index (χ2v) is 7.63. The Labute approximate surface area is 137 Å². The Morgan fingerprint density at radius 2 is 1.91 bits per heavy atom. The molecule has 5 nitrogen and oxygen atoms in total. The van der Waals surface area contributed by atoms with Crippen LogP contribution in [0.15, 0.2) is 54.9 Å². The summed E-state index contributed by atoms with van der Waals surface area (Å²) >= 11 is 0. The fraction of sp³-hybridized carbons (Fsp3) is 0.353. The van der Waals surface area contributed by atoms with Gasteiger partial charge >= 0.3 is 0 Å². The lowest BCUT2D eigenvalue weighted by atomic mass is 10.1. The highest BCUT2D eigenvalue weighted by Gasteiger charge is 2.29. The SMILES string of the molecule is O=S(=O)(Cc1ccccc1)N1CCOC(Cc2cccnc2)C1. The van der Waals surface area contributed by atoms with Crippen molar-refractivity contribution in [2.45, 2.75) is 18.3 Å². The largest absolute Gasteiger partial charge is 0.375 e. The van der Waals surface area contributed by atoms with Crippen LogP contribution in [-0.4, -0.2) is 43.5 Å². The fourth-order valence-electron chi connectivity index (χ4n) is 2.73. The third kappa shape index (κ3) is 4.37. The predicted octanol–water partition coefficient (Wildman–Crippen LogP) is 1.85. The topological polar surface area (TPSA) is 59.5 Å². The minimum Gasteiger partial charge on any atom is -0.375 e. The first-order chi connectivity index (χ1) is 11.1. The summed E-state index contributed by atoms with van der Waals surface area (Å²) in [6.45, 7) is 1.24. The third-order valence-corrected chi connectivity index (χ3v) is 5.69. The molecule has 1 aromatic heterocycles. The van der Waals surface area contributed by atoms with Gasteiger partial charge in [-0.05, 0) is 17.2 Å². The maximum Gasteiger partial charge on any atom is 0.218 e. The first kappa shape index (κ1) is 16.1. The van der Waals surface area contributed by atoms with E-state index in [1.165, 1.54) is 0 Å². The molecule has 23 heavy (non-hydrogen) atoms. The van der Waals surface area contributed by atoms with Crippen molar-refractivity contribution in [2.24, 2.45) is 0 Å². The number of hydrogen-bond donors (Lipinski definition) is 0. The van der Waals surface area contributed by atoms with Gasteiger partial charge in [-0.15, -0.1) is 0 Å². The number of nitrogens with zero attached hydrogens (tertiary/aromatic N) is 2. The van der Waals surface area contributed by atoms with Gasteiger partial charge in [0.2, 0.25) is 10.0 Å². The number of benzene rings is 1. The molecule has 1 aromatic carbocycles. The molecule has 0 spiro atoms. The Bertz CT molecular complexity index is 720. The van der Waals surface area contributed by atoms with Crippen LogP contribution in [-0.2, 0) is 26.9 Å². The van der Waals surface area contributed by atoms with Gasteiger partial charge in [-0.3, -0.25) is 4.98 Å². The smallest absolute Gasteiger partial charge is 0.218 e. The van der Waals surface area contributed by atoms with Gasteiger partial charge in [-0.2, -0.15) is 4.31 Å². The van der Waals surface area contributed by atoms with Crippen molar-refractivity contribution in [3.05, 3.63) is 66.0 Å². The molecule has 2 aromatic rings. The van der Waals surface area contributed by atoms with Crippen LogP contribution >= 0.6 is 0 Å². The van der Waals surface area contributed by atoms with Crippen LogP contribution in [0.4, 0.5) is 0 Å². The number of rotatable bonds is 5. The average molecular weight is 332 g/mol. The molecule has 3 rings (SSSR count). The van der Waals surface area contributed by atoms with Gasteiger partial charge in [-0.25, -0.2) is 8.42 Å². The van der Waals surface area contributed by atoms with Gasteiger partial charge in [0.15, 0.2) is 0 Å². The molecule has 0 saturated carbocycles. The summed E-state index contributed by atoms with van der Waals surface area (Å²) in [6, 6.07) is 13.1. The number of sulfonamides is 1. The molecule has 1 unspecified atom stereocenters. The lowest BCUT2D eigenvalue weighted by molar-refractivity contribution is -0.000580. The standard InChI is InChI=1S/C17H20N2O3S/c20-23(21,14-15-5-2-1-3-6-15)19-9-10-22-17(13-19)11-16-7-4-8-18-12-16/h1-8,12,17H,9-11,13-14H2. The van der Waals surface area contributed by atoms with E-state index in [0.717, 1.165) is 11.1 Å². The average Bonchev–Trinajstić information content (AvgIpc) is 2.57. The molecule has 1 atom stereocenters. The van der Waals surface area contributed by atoms with Gasteiger partial charge in [-0.1, -0.05) is 36.4 Å². The first-order valence-corrected chi connectivity index (χ1v) is 9.27. The predicted molar refractivity (Wildman–Crippen MR) is 88.3 cm³/mol. The van der Waals surface area contributed by atoms with Crippen LogP contribution in [0, 0.1) is 0 Å². The van der Waals surface area contributed by atoms with Gasteiger partial charge in [0.05, 0.1) is 18.5 Å². The molecule has 0 aliphatic carbocycles. The highest BCUT2D eigenvalue weighted by Crippen LogP contribution is 2.17. The van der Waals surface area contributed by atoms with Crippen molar-refractivity contribution in [3.63, 3.8) is 0 Å². The van der Waals surface area contributed by atoms with Crippen molar-refractivity contribution >= 4 is 10.0 Å². The summed E-state index contributed by atoms with van der Waals surface area (Å²) in [5.74, 6) is 0.0352. The Morgan fingerprint density at radius 1 is 1.13 bits per heavy atom. The van der Waals surface area contributed by atoms with Crippen LogP contribution < -0.4 is 0 Å². The Balaban J connectivity index is 1.65. The van der Waals surface area contributed by atoms with Crippen LogP contribution in [0.5, 0.6) is 0 Å². The lowest BCUT2D eigenvalue weighted by Gasteiger charge is -2.32. The molecule has 0 bridgehead atoms. The Hall–Kier alpha value is -1.76. The van der Waals surface area contributed by atoms with E-state index in [9.17, 15) is 8.42 Å². The minimum absolute atomic E-state index is 0.0352. The van der Waals surface area contributed by atoms with Crippen molar-refractivity contribution in [1.82, 2.24) is 9.29 Å². The lowest BCUT2D eigenvalue weighted by Crippen LogP contribution is -2.46. The van der Waals surface area contributed by atoms with Gasteiger partial charge in [0, 0.05) is 31.9 Å². The van der Waals surface area contributed by atoms with E-state index in [1.54, 1.807) is 16.7 Å². The van der Waals surface area contributed by atoms with E-state index in [1.807, 2.05) is 42.5 Å². The van der Waals surface area contributed by atoms with Crippen LogP contribution in [0.2, 0.25) is 0 Å². The molecule has 0 amide bonds. The maximum absolute atomic E-state index is 12.6. The fourth-order valence-corrected chi connectivity index (χ4v) is 4.27. The molecule has 0 N–H and O–H groups in total. The van der Waals surface area contributed by atoms with E-state index in [2.05, 4.69) is 4.98 Å². The number of pyridine rings is 1. The van der Waals surface area contributed by atoms with Gasteiger partial charge in [0.1, 0.15) is 0 Å². The second kappa shape index (κ2) is 7.21. The third-order valence-electron chi connectivity index (χ3n) is 3.87. The van der Waals surface area contributed by atoms with E-state index in [4.69, 9.17) is 4.74 Å². The van der Waals surface area contributed by atoms with E-state index < -0.39 is 10.0 Å². The van der Waals surface area contributed by atoms with Crippen molar-refractivity contribution < 1.29 is 13.2 Å². The van der Waals surface area contributed by atoms with E-state index in [0.29, 0.717) is 26.1 Å². The van der Waals surface area contributed by atoms with Crippen molar-refractivity contribution in [3.8, 4) is 0 Å². The highest BCUT2D eigenvalue weighted by atomic mass is 32.2. The first-order valence-electron chi connectivity index (χ1n) is 7.66. The molecule has 122 valence electrons. The molecule has 1 aliphatic heterocycles. The summed E-state index contributed by atoms with van der Waals surface area (Å²) in [5.41, 5.74) is 1.86. The molecular formula is C17H20N2O3S. The summed E-state index contributed by atoms with van der Waals surface area (Å²) in [4.78, 5) is 4.09. The molecule has 0 radical (unpaired) electrons. The monoisotopic (exact) mass is 332 g/mol. The molecule has 1 fully saturated rings. The van der Waals surface area contributed by atoms with Crippen molar-refractivity contribution in [1.29, 1.82) is 0 Å². The zero-order valence-corrected chi connectivity index (χ0v) is 13.7. The normalized spacial score (nSPS) is 19.6. The zero-order valence-electron chi connectivity index (χ0n) is 12.8. The minimum atomic E-state index is -3.32. The van der Waals surface area contributed by atoms with E-state index >= 15 is 0 Å². The van der Waals surface area contributed by atoms with Gasteiger partial charge in [0.25, 0.3) is 0 Å². The quantitative estimate of drug-likeness (QED) is 0.838. The second-order valence-electron chi connectivity index (χ2n) is 5.66. The summed E-state index contributed by atoms with van der Waals surface area (Å²) < 4.78 is 32.5. The van der Waals surface area contributed by atoms with Gasteiger partial charge < -0.3 is 4.74 Å².